The molecule has 0 spiro atoms. The third-order valence-corrected chi connectivity index (χ3v) is 14.4. The van der Waals surface area contributed by atoms with Crippen molar-refractivity contribution < 1.29 is 50.5 Å². The number of ether oxygens (including phenoxy) is 4. The van der Waals surface area contributed by atoms with Crippen LogP contribution in [0, 0.1) is 0 Å². The molecular formula is C48H59N7O11S2. The standard InChI is InChI=1S/C25H32N4O5S.C23H27N3O6S/c1-25(2,24(30)27(3)4)29-16-15-23(26-29)35(31,32)28(17-19-7-11-21(33-5)12-8-19)18-20-9-13-22(34-6)14-10-20;1-23(2,22(27)28)26-14-13-21(24-26)33(29,30)25(15-17-5-9-19(31-3)10-6-17)16-18-7-11-20(32-4)12-8-18/h7-16H,17-18H2,1-6H3;5-14H,15-16H2,1-4H3,(H,27,28). The molecule has 18 nitrogen and oxygen atoms in total. The third-order valence-electron chi connectivity index (χ3n) is 11.0. The van der Waals surface area contributed by atoms with Crippen molar-refractivity contribution in [2.45, 2.75) is 75.0 Å². The number of methoxy groups -OCH3 is 4. The number of sulfonamides is 2. The summed E-state index contributed by atoms with van der Waals surface area (Å²) in [7, 11) is 1.53. The zero-order valence-electron chi connectivity index (χ0n) is 39.9. The SMILES string of the molecule is COc1ccc(CN(Cc2ccc(OC)cc2)S(=O)(=O)c2ccn(C(C)(C)C(=O)N(C)C)n2)cc1.COc1ccc(CN(Cc2ccc(OC)cc2)S(=O)(=O)c2ccn(C(C)(C)C(=O)O)n2)cc1. The van der Waals surface area contributed by atoms with E-state index in [1.807, 2.05) is 24.3 Å². The van der Waals surface area contributed by atoms with Crippen molar-refractivity contribution in [3.05, 3.63) is 144 Å². The summed E-state index contributed by atoms with van der Waals surface area (Å²) in [5.74, 6) is 1.38. The number of carboxylic acid groups (broad SMARTS) is 1. The van der Waals surface area contributed by atoms with Crippen LogP contribution in [0.2, 0.25) is 0 Å². The number of hydrogen-bond donors (Lipinski definition) is 1. The Morgan fingerprint density at radius 1 is 0.500 bits per heavy atom. The minimum atomic E-state index is -4.05. The van der Waals surface area contributed by atoms with Crippen molar-refractivity contribution in [3.63, 3.8) is 0 Å². The number of carboxylic acids is 1. The summed E-state index contributed by atoms with van der Waals surface area (Å²) >= 11 is 0. The van der Waals surface area contributed by atoms with Gasteiger partial charge in [-0.2, -0.15) is 18.8 Å². The lowest BCUT2D eigenvalue weighted by Gasteiger charge is -2.27. The number of aromatic nitrogens is 4. The quantitative estimate of drug-likeness (QED) is 0.0903. The van der Waals surface area contributed by atoms with E-state index in [9.17, 15) is 31.5 Å². The highest BCUT2D eigenvalue weighted by Crippen LogP contribution is 2.27. The Kier molecular flexibility index (Phi) is 16.8. The number of aliphatic carboxylic acids is 1. The maximum atomic E-state index is 13.7. The number of carbonyl (C=O) groups excluding carboxylic acids is 1. The van der Waals surface area contributed by atoms with E-state index in [2.05, 4.69) is 10.2 Å². The molecule has 6 aromatic rings. The van der Waals surface area contributed by atoms with Gasteiger partial charge in [0.1, 0.15) is 28.5 Å². The summed E-state index contributed by atoms with van der Waals surface area (Å²) in [5, 5.41) is 17.5. The van der Waals surface area contributed by atoms with Gasteiger partial charge >= 0.3 is 5.97 Å². The van der Waals surface area contributed by atoms with Gasteiger partial charge in [-0.05, 0) is 111 Å². The third kappa shape index (κ3) is 12.4. The van der Waals surface area contributed by atoms with E-state index in [0.717, 1.165) is 26.9 Å². The maximum absolute atomic E-state index is 13.7. The van der Waals surface area contributed by atoms with Gasteiger partial charge in [-0.15, -0.1) is 0 Å². The molecule has 364 valence electrons. The lowest BCUT2D eigenvalue weighted by Crippen LogP contribution is -2.44. The number of rotatable bonds is 20. The molecule has 1 N–H and O–H groups in total. The van der Waals surface area contributed by atoms with Crippen LogP contribution >= 0.6 is 0 Å². The second-order valence-corrected chi connectivity index (χ2v) is 20.5. The van der Waals surface area contributed by atoms with Crippen molar-refractivity contribution in [2.75, 3.05) is 42.5 Å². The van der Waals surface area contributed by atoms with Gasteiger partial charge < -0.3 is 29.0 Å². The average Bonchev–Trinajstić information content (AvgIpc) is 4.06. The van der Waals surface area contributed by atoms with E-state index in [4.69, 9.17) is 18.9 Å². The number of nitrogens with zero attached hydrogens (tertiary/aromatic N) is 7. The molecule has 0 bridgehead atoms. The summed E-state index contributed by atoms with van der Waals surface area (Å²) in [4.78, 5) is 25.6. The van der Waals surface area contributed by atoms with Crippen molar-refractivity contribution in [2.24, 2.45) is 0 Å². The van der Waals surface area contributed by atoms with Crippen LogP contribution < -0.4 is 18.9 Å². The van der Waals surface area contributed by atoms with E-state index in [-0.39, 0.29) is 42.1 Å². The Labute approximate surface area is 398 Å². The van der Waals surface area contributed by atoms with Crippen LogP contribution in [0.15, 0.2) is 132 Å². The maximum Gasteiger partial charge on any atom is 0.331 e. The number of likely N-dealkylation sites (N-methyl/N-ethyl adjacent to an activating group) is 1. The first-order valence-electron chi connectivity index (χ1n) is 21.2. The Morgan fingerprint density at radius 3 is 1.00 bits per heavy atom. The van der Waals surface area contributed by atoms with Crippen LogP contribution in [-0.4, -0.2) is 109 Å². The molecule has 0 saturated heterocycles. The summed E-state index contributed by atoms with van der Waals surface area (Å²) in [6.07, 6.45) is 2.88. The van der Waals surface area contributed by atoms with Gasteiger partial charge in [0, 0.05) is 52.7 Å². The van der Waals surface area contributed by atoms with Gasteiger partial charge in [0.2, 0.25) is 5.91 Å². The Balaban J connectivity index is 0.000000255. The lowest BCUT2D eigenvalue weighted by molar-refractivity contribution is -0.146. The second-order valence-electron chi connectivity index (χ2n) is 16.8. The number of amides is 1. The van der Waals surface area contributed by atoms with Crippen molar-refractivity contribution in [1.82, 2.24) is 33.1 Å². The molecule has 1 amide bonds. The van der Waals surface area contributed by atoms with E-state index < -0.39 is 37.1 Å². The largest absolute Gasteiger partial charge is 0.497 e. The Morgan fingerprint density at radius 2 is 0.765 bits per heavy atom. The molecule has 2 aromatic heterocycles. The van der Waals surface area contributed by atoms with Crippen molar-refractivity contribution in [3.8, 4) is 23.0 Å². The van der Waals surface area contributed by atoms with E-state index in [1.54, 1.807) is 129 Å². The van der Waals surface area contributed by atoms with Crippen LogP contribution in [0.25, 0.3) is 0 Å². The molecule has 0 aliphatic rings. The zero-order valence-corrected chi connectivity index (χ0v) is 41.5. The fourth-order valence-electron chi connectivity index (χ4n) is 6.71. The van der Waals surface area contributed by atoms with Gasteiger partial charge in [0.05, 0.1) is 28.4 Å². The molecule has 68 heavy (non-hydrogen) atoms. The van der Waals surface area contributed by atoms with Crippen molar-refractivity contribution in [1.29, 1.82) is 0 Å². The van der Waals surface area contributed by atoms with Crippen LogP contribution in [0.1, 0.15) is 49.9 Å². The minimum absolute atomic E-state index is 0.0908. The molecule has 2 heterocycles. The summed E-state index contributed by atoms with van der Waals surface area (Å²) in [5.41, 5.74) is 0.672. The molecular weight excluding hydrogens is 915 g/mol. The fraction of sp³-hybridized carbons (Fsp3) is 0.333. The van der Waals surface area contributed by atoms with Gasteiger partial charge in [0.15, 0.2) is 15.6 Å². The summed E-state index contributed by atoms with van der Waals surface area (Å²) in [6, 6.07) is 31.4. The van der Waals surface area contributed by atoms with Gasteiger partial charge in [-0.3, -0.25) is 14.2 Å². The molecule has 0 saturated carbocycles. The molecule has 0 unspecified atom stereocenters. The number of hydrogen-bond acceptors (Lipinski definition) is 12. The van der Waals surface area contributed by atoms with Gasteiger partial charge in [-0.25, -0.2) is 21.6 Å². The highest BCUT2D eigenvalue weighted by Gasteiger charge is 2.36. The first-order chi connectivity index (χ1) is 32.1. The molecule has 20 heteroatoms. The highest BCUT2D eigenvalue weighted by molar-refractivity contribution is 7.89. The normalized spacial score (nSPS) is 12.0. The molecule has 4 aromatic carbocycles. The predicted molar refractivity (Wildman–Crippen MR) is 254 cm³/mol. The van der Waals surface area contributed by atoms with Crippen molar-refractivity contribution >= 4 is 31.9 Å². The van der Waals surface area contributed by atoms with E-state index >= 15 is 0 Å². The van der Waals surface area contributed by atoms with Crippen LogP contribution in [0.3, 0.4) is 0 Å². The van der Waals surface area contributed by atoms with Crippen LogP contribution in [-0.2, 0) is 66.9 Å². The monoisotopic (exact) mass is 973 g/mol. The van der Waals surface area contributed by atoms with E-state index in [0.29, 0.717) is 23.0 Å². The first kappa shape index (κ1) is 52.2. The minimum Gasteiger partial charge on any atom is -0.497 e. The molecule has 0 fully saturated rings. The van der Waals surface area contributed by atoms with Crippen LogP contribution in [0.5, 0.6) is 23.0 Å². The topological polar surface area (TPSA) is 205 Å². The molecule has 0 atom stereocenters. The summed E-state index contributed by atoms with van der Waals surface area (Å²) in [6.45, 7) is 6.74. The van der Waals surface area contributed by atoms with E-state index in [1.165, 1.54) is 56.6 Å². The van der Waals surface area contributed by atoms with Crippen LogP contribution in [0.4, 0.5) is 0 Å². The lowest BCUT2D eigenvalue weighted by atomic mass is 10.0. The Bertz CT molecular complexity index is 2750. The summed E-state index contributed by atoms with van der Waals surface area (Å²) < 4.78 is 80.6. The molecule has 0 radical (unpaired) electrons. The first-order valence-corrected chi connectivity index (χ1v) is 24.0. The fourth-order valence-corrected chi connectivity index (χ4v) is 9.36. The number of carbonyl (C=O) groups is 2. The highest BCUT2D eigenvalue weighted by atomic mass is 32.2. The van der Waals surface area contributed by atoms with Gasteiger partial charge in [0.25, 0.3) is 20.0 Å². The molecule has 0 aliphatic carbocycles. The average molecular weight is 974 g/mol. The second kappa shape index (κ2) is 21.9. The zero-order chi connectivity index (χ0) is 50.0. The van der Waals surface area contributed by atoms with Gasteiger partial charge in [-0.1, -0.05) is 48.5 Å². The smallest absolute Gasteiger partial charge is 0.331 e. The predicted octanol–water partition coefficient (Wildman–Crippen LogP) is 6.23. The Hall–Kier alpha value is -6.74. The molecule has 6 rings (SSSR count). The number of benzene rings is 4. The molecule has 0 aliphatic heterocycles.